The van der Waals surface area contributed by atoms with E-state index in [-0.39, 0.29) is 11.7 Å². The minimum absolute atomic E-state index is 0.0571. The van der Waals surface area contributed by atoms with E-state index < -0.39 is 11.4 Å². The summed E-state index contributed by atoms with van der Waals surface area (Å²) in [5.41, 5.74) is -0.266. The molecule has 1 amide bonds. The summed E-state index contributed by atoms with van der Waals surface area (Å²) >= 11 is 0. The van der Waals surface area contributed by atoms with Gasteiger partial charge in [-0.1, -0.05) is 6.07 Å². The molecule has 0 aromatic heterocycles. The van der Waals surface area contributed by atoms with Crippen LogP contribution in [0.1, 0.15) is 12.5 Å². The monoisotopic (exact) mass is 252 g/mol. The molecular weight excluding hydrogens is 235 g/mol. The van der Waals surface area contributed by atoms with Crippen LogP contribution in [0, 0.1) is 5.82 Å². The predicted molar refractivity (Wildman–Crippen MR) is 65.9 cm³/mol. The molecule has 4 nitrogen and oxygen atoms in total. The first kappa shape index (κ1) is 12.8. The van der Waals surface area contributed by atoms with E-state index in [0.717, 1.165) is 0 Å². The average molecular weight is 252 g/mol. The number of methoxy groups -OCH3 is 1. The number of nitrogens with zero attached hydrogens (tertiary/aromatic N) is 1. The quantitative estimate of drug-likeness (QED) is 0.857. The predicted octanol–water partition coefficient (Wildman–Crippen LogP) is 1.11. The smallest absolute Gasteiger partial charge is 0.246 e. The van der Waals surface area contributed by atoms with Gasteiger partial charge in [-0.2, -0.15) is 0 Å². The van der Waals surface area contributed by atoms with Gasteiger partial charge in [-0.15, -0.1) is 0 Å². The lowest BCUT2D eigenvalue weighted by Crippen LogP contribution is -2.59. The molecule has 0 bridgehead atoms. The van der Waals surface area contributed by atoms with E-state index in [9.17, 15) is 9.18 Å². The number of likely N-dealkylation sites (N-methyl/N-ethyl adjacent to an activating group) is 1. The first-order chi connectivity index (χ1) is 8.49. The van der Waals surface area contributed by atoms with Crippen LogP contribution in [0.5, 0.6) is 5.75 Å². The molecule has 1 aliphatic rings. The molecule has 1 heterocycles. The number of carbonyl (C=O) groups is 1. The number of halogens is 1. The maximum absolute atomic E-state index is 13.7. The lowest BCUT2D eigenvalue weighted by atomic mass is 9.88. The molecule has 1 unspecified atom stereocenters. The molecule has 1 aromatic rings. The zero-order valence-electron chi connectivity index (χ0n) is 10.8. The zero-order chi connectivity index (χ0) is 13.3. The van der Waals surface area contributed by atoms with Crippen LogP contribution in [0.15, 0.2) is 18.2 Å². The van der Waals surface area contributed by atoms with Crippen molar-refractivity contribution in [2.24, 2.45) is 0 Å². The third-order valence-corrected chi connectivity index (χ3v) is 3.43. The van der Waals surface area contributed by atoms with Crippen molar-refractivity contribution in [2.45, 2.75) is 12.5 Å². The number of hydrogen-bond donors (Lipinski definition) is 1. The molecule has 98 valence electrons. The van der Waals surface area contributed by atoms with Crippen molar-refractivity contribution < 1.29 is 13.9 Å². The van der Waals surface area contributed by atoms with Crippen molar-refractivity contribution in [2.75, 3.05) is 27.2 Å². The minimum atomic E-state index is -0.875. The summed E-state index contributed by atoms with van der Waals surface area (Å²) in [6.45, 7) is 3.12. The third-order valence-electron chi connectivity index (χ3n) is 3.43. The minimum Gasteiger partial charge on any atom is -0.494 e. The molecule has 0 spiro atoms. The highest BCUT2D eigenvalue weighted by Gasteiger charge is 2.40. The standard InChI is InChI=1S/C13H17FN2O2/c1-13(12(17)16(2)7-6-15-13)9-4-5-11(18-3)10(14)8-9/h4-5,8,15H,6-7H2,1-3H3. The van der Waals surface area contributed by atoms with Gasteiger partial charge in [0.15, 0.2) is 11.6 Å². The van der Waals surface area contributed by atoms with Gasteiger partial charge in [0.1, 0.15) is 5.54 Å². The molecule has 18 heavy (non-hydrogen) atoms. The summed E-state index contributed by atoms with van der Waals surface area (Å²) in [6, 6.07) is 4.61. The highest BCUT2D eigenvalue weighted by Crippen LogP contribution is 2.28. The summed E-state index contributed by atoms with van der Waals surface area (Å²) in [5, 5.41) is 3.16. The number of rotatable bonds is 2. The maximum atomic E-state index is 13.7. The Morgan fingerprint density at radius 3 is 2.83 bits per heavy atom. The van der Waals surface area contributed by atoms with E-state index in [1.54, 1.807) is 31.0 Å². The van der Waals surface area contributed by atoms with Crippen molar-refractivity contribution in [3.05, 3.63) is 29.6 Å². The summed E-state index contributed by atoms with van der Waals surface area (Å²) in [6.07, 6.45) is 0. The molecule has 0 radical (unpaired) electrons. The number of carbonyl (C=O) groups excluding carboxylic acids is 1. The highest BCUT2D eigenvalue weighted by atomic mass is 19.1. The second-order valence-electron chi connectivity index (χ2n) is 4.63. The Morgan fingerprint density at radius 1 is 1.50 bits per heavy atom. The van der Waals surface area contributed by atoms with Crippen LogP contribution in [-0.4, -0.2) is 38.1 Å². The summed E-state index contributed by atoms with van der Waals surface area (Å²) < 4.78 is 18.6. The van der Waals surface area contributed by atoms with E-state index in [1.807, 2.05) is 0 Å². The number of piperazine rings is 1. The van der Waals surface area contributed by atoms with E-state index in [0.29, 0.717) is 18.7 Å². The average Bonchev–Trinajstić information content (AvgIpc) is 2.36. The van der Waals surface area contributed by atoms with Crippen molar-refractivity contribution in [3.8, 4) is 5.75 Å². The van der Waals surface area contributed by atoms with Gasteiger partial charge in [-0.3, -0.25) is 10.1 Å². The van der Waals surface area contributed by atoms with Crippen LogP contribution in [-0.2, 0) is 10.3 Å². The molecule has 1 aromatic carbocycles. The van der Waals surface area contributed by atoms with Gasteiger partial charge >= 0.3 is 0 Å². The van der Waals surface area contributed by atoms with Gasteiger partial charge in [0, 0.05) is 20.1 Å². The number of ether oxygens (including phenoxy) is 1. The largest absolute Gasteiger partial charge is 0.494 e. The van der Waals surface area contributed by atoms with Crippen LogP contribution in [0.25, 0.3) is 0 Å². The Kier molecular flexibility index (Phi) is 3.26. The van der Waals surface area contributed by atoms with Crippen molar-refractivity contribution in [3.63, 3.8) is 0 Å². The second kappa shape index (κ2) is 4.57. The number of amides is 1. The van der Waals surface area contributed by atoms with Crippen LogP contribution in [0.2, 0.25) is 0 Å². The molecule has 1 aliphatic heterocycles. The van der Waals surface area contributed by atoms with Gasteiger partial charge in [0.05, 0.1) is 7.11 Å². The van der Waals surface area contributed by atoms with Crippen molar-refractivity contribution >= 4 is 5.91 Å². The van der Waals surface area contributed by atoms with Gasteiger partial charge in [-0.25, -0.2) is 4.39 Å². The van der Waals surface area contributed by atoms with Crippen molar-refractivity contribution in [1.29, 1.82) is 0 Å². The van der Waals surface area contributed by atoms with Crippen LogP contribution < -0.4 is 10.1 Å². The lowest BCUT2D eigenvalue weighted by Gasteiger charge is -2.39. The Balaban J connectivity index is 2.40. The van der Waals surface area contributed by atoms with Gasteiger partial charge < -0.3 is 9.64 Å². The van der Waals surface area contributed by atoms with Crippen LogP contribution >= 0.6 is 0 Å². The Labute approximate surface area is 106 Å². The van der Waals surface area contributed by atoms with Gasteiger partial charge in [0.2, 0.25) is 5.91 Å². The zero-order valence-corrected chi connectivity index (χ0v) is 10.8. The Morgan fingerprint density at radius 2 is 2.22 bits per heavy atom. The number of nitrogens with one attached hydrogen (secondary N) is 1. The third kappa shape index (κ3) is 1.95. The second-order valence-corrected chi connectivity index (χ2v) is 4.63. The maximum Gasteiger partial charge on any atom is 0.246 e. The highest BCUT2D eigenvalue weighted by molar-refractivity contribution is 5.88. The van der Waals surface area contributed by atoms with Crippen LogP contribution in [0.4, 0.5) is 4.39 Å². The fourth-order valence-electron chi connectivity index (χ4n) is 2.24. The SMILES string of the molecule is COc1ccc(C2(C)NCCN(C)C2=O)cc1F. The number of hydrogen-bond acceptors (Lipinski definition) is 3. The van der Waals surface area contributed by atoms with Gasteiger partial charge in [0.25, 0.3) is 0 Å². The summed E-state index contributed by atoms with van der Waals surface area (Å²) in [7, 11) is 3.17. The molecule has 0 aliphatic carbocycles. The van der Waals surface area contributed by atoms with Gasteiger partial charge in [-0.05, 0) is 24.6 Å². The molecule has 2 rings (SSSR count). The van der Waals surface area contributed by atoms with E-state index in [1.165, 1.54) is 13.2 Å². The normalized spacial score (nSPS) is 24.2. The topological polar surface area (TPSA) is 41.6 Å². The molecule has 1 atom stereocenters. The van der Waals surface area contributed by atoms with E-state index >= 15 is 0 Å². The van der Waals surface area contributed by atoms with Crippen molar-refractivity contribution in [1.82, 2.24) is 10.2 Å². The summed E-state index contributed by atoms with van der Waals surface area (Å²) in [4.78, 5) is 13.9. The first-order valence-electron chi connectivity index (χ1n) is 5.83. The molecule has 1 N–H and O–H groups in total. The Hall–Kier alpha value is -1.62. The lowest BCUT2D eigenvalue weighted by molar-refractivity contribution is -0.139. The molecule has 5 heteroatoms. The molecule has 1 saturated heterocycles. The number of benzene rings is 1. The fourth-order valence-corrected chi connectivity index (χ4v) is 2.24. The molecule has 1 fully saturated rings. The fraction of sp³-hybridized carbons (Fsp3) is 0.462. The van der Waals surface area contributed by atoms with Crippen LogP contribution in [0.3, 0.4) is 0 Å². The molecule has 0 saturated carbocycles. The first-order valence-corrected chi connectivity index (χ1v) is 5.83. The Bertz CT molecular complexity index is 478. The van der Waals surface area contributed by atoms with E-state index in [2.05, 4.69) is 5.32 Å². The molecular formula is C13H17FN2O2. The summed E-state index contributed by atoms with van der Waals surface area (Å²) in [5.74, 6) is -0.337. The van der Waals surface area contributed by atoms with E-state index in [4.69, 9.17) is 4.74 Å².